The minimum Gasteiger partial charge on any atom is -0.497 e. The summed E-state index contributed by atoms with van der Waals surface area (Å²) in [5.41, 5.74) is 4.68. The van der Waals surface area contributed by atoms with Crippen LogP contribution in [0.15, 0.2) is 36.4 Å². The number of carboxylic acid groups (broad SMARTS) is 2. The van der Waals surface area contributed by atoms with Crippen molar-refractivity contribution in [2.45, 2.75) is 71.0 Å². The molecule has 1 aromatic heterocycles. The maximum Gasteiger partial charge on any atom is 0.336 e. The highest BCUT2D eigenvalue weighted by atomic mass is 32.1. The van der Waals surface area contributed by atoms with Crippen LogP contribution in [-0.4, -0.2) is 90.6 Å². The van der Waals surface area contributed by atoms with Crippen molar-refractivity contribution < 1.29 is 38.8 Å². The van der Waals surface area contributed by atoms with E-state index in [-0.39, 0.29) is 6.61 Å². The third kappa shape index (κ3) is 11.6. The van der Waals surface area contributed by atoms with Crippen molar-refractivity contribution in [1.29, 1.82) is 0 Å². The zero-order chi connectivity index (χ0) is 32.8. The molecule has 0 saturated carbocycles. The van der Waals surface area contributed by atoms with Crippen LogP contribution in [0, 0.1) is 13.8 Å². The van der Waals surface area contributed by atoms with Crippen LogP contribution in [0.1, 0.15) is 55.2 Å². The number of fused-ring (bicyclic) bond motifs is 1. The van der Waals surface area contributed by atoms with Gasteiger partial charge in [-0.3, -0.25) is 4.79 Å². The van der Waals surface area contributed by atoms with Gasteiger partial charge in [0.2, 0.25) is 0 Å². The number of aryl methyl sites for hydroxylation is 3. The first-order chi connectivity index (χ1) is 21.6. The van der Waals surface area contributed by atoms with Crippen LogP contribution >= 0.6 is 11.3 Å². The highest BCUT2D eigenvalue weighted by Crippen LogP contribution is 2.29. The van der Waals surface area contributed by atoms with Gasteiger partial charge in [-0.2, -0.15) is 0 Å². The first-order valence-electron chi connectivity index (χ1n) is 15.3. The predicted octanol–water partition coefficient (Wildman–Crippen LogP) is 5.31. The van der Waals surface area contributed by atoms with Gasteiger partial charge in [-0.1, -0.05) is 36.0 Å². The van der Waals surface area contributed by atoms with Crippen molar-refractivity contribution in [3.8, 4) is 5.75 Å². The summed E-state index contributed by atoms with van der Waals surface area (Å²) in [5, 5.41) is 22.9. The number of hydrogen-bond donors (Lipinski definition) is 3. The summed E-state index contributed by atoms with van der Waals surface area (Å²) in [7, 11) is 3.22. The number of carboxylic acids is 2. The standard InChI is InChI=1S/C33H45N3O8S/c1-22-12-13-24(19-23(22)2)11-7-5-10-18-43-29(30(32(40)41)44-21-28(37)38)31(39)36(3)17-9-6-8-16-34-33-35-26-15-14-25(42-4)20-27(26)45-33/h12-15,19-20,29-30H,5-11,16-18,21H2,1-4H3,(H,34,35)(H,37,38)(H,40,41). The third-order valence-corrected chi connectivity index (χ3v) is 8.52. The van der Waals surface area contributed by atoms with Gasteiger partial charge in [-0.05, 0) is 87.3 Å². The van der Waals surface area contributed by atoms with E-state index in [2.05, 4.69) is 42.3 Å². The molecule has 0 saturated heterocycles. The van der Waals surface area contributed by atoms with Crippen LogP contribution in [0.3, 0.4) is 0 Å². The van der Waals surface area contributed by atoms with Crippen LogP contribution in [0.5, 0.6) is 5.75 Å². The van der Waals surface area contributed by atoms with E-state index in [0.717, 1.165) is 53.2 Å². The van der Waals surface area contributed by atoms with Crippen molar-refractivity contribution in [3.05, 3.63) is 53.1 Å². The molecule has 3 rings (SSSR count). The normalized spacial score (nSPS) is 12.5. The molecule has 0 aliphatic carbocycles. The smallest absolute Gasteiger partial charge is 0.336 e. The Hall–Kier alpha value is -3.74. The number of aromatic nitrogens is 1. The van der Waals surface area contributed by atoms with Crippen molar-refractivity contribution in [2.24, 2.45) is 0 Å². The number of likely N-dealkylation sites (N-methyl/N-ethyl adjacent to an activating group) is 1. The molecule has 1 heterocycles. The van der Waals surface area contributed by atoms with Crippen molar-refractivity contribution in [2.75, 3.05) is 45.8 Å². The lowest BCUT2D eigenvalue weighted by atomic mass is 10.0. The summed E-state index contributed by atoms with van der Waals surface area (Å²) in [5.74, 6) is -2.54. The molecule has 2 unspecified atom stereocenters. The molecule has 12 heteroatoms. The highest BCUT2D eigenvalue weighted by molar-refractivity contribution is 7.22. The highest BCUT2D eigenvalue weighted by Gasteiger charge is 2.37. The fourth-order valence-corrected chi connectivity index (χ4v) is 5.72. The molecule has 0 spiro atoms. The lowest BCUT2D eigenvalue weighted by Crippen LogP contribution is -2.50. The topological polar surface area (TPSA) is 148 Å². The van der Waals surface area contributed by atoms with Gasteiger partial charge in [-0.15, -0.1) is 0 Å². The summed E-state index contributed by atoms with van der Waals surface area (Å²) in [6.45, 7) is 4.58. The maximum atomic E-state index is 13.3. The first-order valence-corrected chi connectivity index (χ1v) is 16.1. The summed E-state index contributed by atoms with van der Waals surface area (Å²) in [6, 6.07) is 12.2. The zero-order valence-electron chi connectivity index (χ0n) is 26.5. The van der Waals surface area contributed by atoms with Crippen LogP contribution in [0.25, 0.3) is 10.2 Å². The molecule has 0 radical (unpaired) electrons. The van der Waals surface area contributed by atoms with Crippen molar-refractivity contribution in [3.63, 3.8) is 0 Å². The number of benzene rings is 2. The molecule has 2 aromatic carbocycles. The Balaban J connectivity index is 1.45. The number of amides is 1. The van der Waals surface area contributed by atoms with Gasteiger partial charge in [0, 0.05) is 26.7 Å². The number of nitrogens with one attached hydrogen (secondary N) is 1. The summed E-state index contributed by atoms with van der Waals surface area (Å²) in [4.78, 5) is 42.4. The number of rotatable bonds is 21. The van der Waals surface area contributed by atoms with Gasteiger partial charge in [0.25, 0.3) is 5.91 Å². The number of carbonyl (C=O) groups is 3. The second kappa shape index (κ2) is 18.3. The Labute approximate surface area is 268 Å². The largest absolute Gasteiger partial charge is 0.497 e. The minimum absolute atomic E-state index is 0.154. The molecule has 0 aliphatic rings. The van der Waals surface area contributed by atoms with Crippen LogP contribution in [0.2, 0.25) is 0 Å². The average Bonchev–Trinajstić information content (AvgIpc) is 3.42. The maximum absolute atomic E-state index is 13.3. The van der Waals surface area contributed by atoms with Gasteiger partial charge in [0.1, 0.15) is 12.4 Å². The number of unbranched alkanes of at least 4 members (excludes halogenated alkanes) is 4. The Morgan fingerprint density at radius 1 is 0.933 bits per heavy atom. The Bertz CT molecular complexity index is 1410. The molecule has 0 fully saturated rings. The van der Waals surface area contributed by atoms with Crippen LogP contribution in [0.4, 0.5) is 5.13 Å². The second-order valence-electron chi connectivity index (χ2n) is 11.1. The average molecular weight is 644 g/mol. The predicted molar refractivity (Wildman–Crippen MR) is 174 cm³/mol. The third-order valence-electron chi connectivity index (χ3n) is 7.54. The fourth-order valence-electron chi connectivity index (χ4n) is 4.80. The van der Waals surface area contributed by atoms with Crippen molar-refractivity contribution in [1.82, 2.24) is 9.88 Å². The van der Waals surface area contributed by atoms with E-state index in [4.69, 9.17) is 19.3 Å². The number of nitrogens with zero attached hydrogens (tertiary/aromatic N) is 2. The number of anilines is 1. The molecule has 45 heavy (non-hydrogen) atoms. The molecular formula is C33H45N3O8S. The lowest BCUT2D eigenvalue weighted by molar-refractivity contribution is -0.175. The molecule has 246 valence electrons. The molecule has 0 aliphatic heterocycles. The number of hydrogen-bond acceptors (Lipinski definition) is 9. The molecule has 1 amide bonds. The summed E-state index contributed by atoms with van der Waals surface area (Å²) >= 11 is 1.56. The zero-order valence-corrected chi connectivity index (χ0v) is 27.4. The molecule has 0 bridgehead atoms. The van der Waals surface area contributed by atoms with Gasteiger partial charge >= 0.3 is 11.9 Å². The monoisotopic (exact) mass is 643 g/mol. The fraction of sp³-hybridized carbons (Fsp3) is 0.515. The van der Waals surface area contributed by atoms with Crippen LogP contribution < -0.4 is 10.1 Å². The number of methoxy groups -OCH3 is 1. The summed E-state index contributed by atoms with van der Waals surface area (Å²) < 4.78 is 17.2. The molecule has 11 nitrogen and oxygen atoms in total. The molecule has 3 N–H and O–H groups in total. The summed E-state index contributed by atoms with van der Waals surface area (Å²) in [6.07, 6.45) is 2.48. The second-order valence-corrected chi connectivity index (χ2v) is 12.1. The van der Waals surface area contributed by atoms with Gasteiger partial charge < -0.3 is 34.6 Å². The Kier molecular flexibility index (Phi) is 14.5. The number of thiazole rings is 1. The Morgan fingerprint density at radius 3 is 2.42 bits per heavy atom. The quantitative estimate of drug-likeness (QED) is 0.130. The van der Waals surface area contributed by atoms with E-state index in [9.17, 15) is 19.5 Å². The van der Waals surface area contributed by atoms with E-state index in [1.807, 2.05) is 18.2 Å². The van der Waals surface area contributed by atoms with E-state index >= 15 is 0 Å². The number of ether oxygens (including phenoxy) is 3. The van der Waals surface area contributed by atoms with Gasteiger partial charge in [-0.25, -0.2) is 14.6 Å². The number of aliphatic carboxylic acids is 2. The Morgan fingerprint density at radius 2 is 1.71 bits per heavy atom. The van der Waals surface area contributed by atoms with E-state index in [1.165, 1.54) is 21.6 Å². The SMILES string of the molecule is COc1ccc2nc(NCCCCCN(C)C(=O)C(OCCCCCc3ccc(C)c(C)c3)C(OCC(=O)O)C(=O)O)sc2c1. The molecular weight excluding hydrogens is 598 g/mol. The van der Waals surface area contributed by atoms with E-state index in [1.54, 1.807) is 25.5 Å². The van der Waals surface area contributed by atoms with E-state index < -0.39 is 36.7 Å². The first kappa shape index (κ1) is 35.7. The van der Waals surface area contributed by atoms with Gasteiger partial charge in [0.05, 0.1) is 17.3 Å². The number of carbonyl (C=O) groups excluding carboxylic acids is 1. The lowest BCUT2D eigenvalue weighted by Gasteiger charge is -2.27. The van der Waals surface area contributed by atoms with Crippen molar-refractivity contribution >= 4 is 44.5 Å². The van der Waals surface area contributed by atoms with Crippen LogP contribution in [-0.2, 0) is 30.3 Å². The van der Waals surface area contributed by atoms with E-state index in [0.29, 0.717) is 25.9 Å². The van der Waals surface area contributed by atoms with Gasteiger partial charge in [0.15, 0.2) is 17.3 Å². The molecule has 2 atom stereocenters. The molecule has 3 aromatic rings. The minimum atomic E-state index is -1.73.